The van der Waals surface area contributed by atoms with Crippen LogP contribution in [0.4, 0.5) is 15.8 Å². The minimum absolute atomic E-state index is 0.220. The SMILES string of the molecule is CC1CCc2c(c(Cl)cc(F)c2N2CCOCC2)N1. The van der Waals surface area contributed by atoms with Crippen LogP contribution in [0.15, 0.2) is 6.07 Å². The van der Waals surface area contributed by atoms with Crippen molar-refractivity contribution in [1.82, 2.24) is 0 Å². The van der Waals surface area contributed by atoms with Crippen LogP contribution >= 0.6 is 11.6 Å². The summed E-state index contributed by atoms with van der Waals surface area (Å²) in [7, 11) is 0. The highest BCUT2D eigenvalue weighted by molar-refractivity contribution is 6.33. The molecule has 0 saturated carbocycles. The number of ether oxygens (including phenoxy) is 1. The Morgan fingerprint density at radius 3 is 2.89 bits per heavy atom. The molecule has 19 heavy (non-hydrogen) atoms. The van der Waals surface area contributed by atoms with E-state index < -0.39 is 0 Å². The summed E-state index contributed by atoms with van der Waals surface area (Å²) in [6, 6.07) is 1.81. The summed E-state index contributed by atoms with van der Waals surface area (Å²) >= 11 is 6.18. The van der Waals surface area contributed by atoms with Crippen LogP contribution in [0.5, 0.6) is 0 Å². The van der Waals surface area contributed by atoms with Crippen LogP contribution in [0.1, 0.15) is 18.9 Å². The van der Waals surface area contributed by atoms with Crippen molar-refractivity contribution in [3.05, 3.63) is 22.5 Å². The van der Waals surface area contributed by atoms with Crippen LogP contribution in [0, 0.1) is 5.82 Å². The molecule has 2 aliphatic heterocycles. The van der Waals surface area contributed by atoms with Gasteiger partial charge in [-0.15, -0.1) is 0 Å². The number of morpholine rings is 1. The number of nitrogens with one attached hydrogen (secondary N) is 1. The first-order valence-electron chi connectivity index (χ1n) is 6.77. The largest absolute Gasteiger partial charge is 0.381 e. The van der Waals surface area contributed by atoms with E-state index in [1.807, 2.05) is 0 Å². The lowest BCUT2D eigenvalue weighted by atomic mass is 9.96. The topological polar surface area (TPSA) is 24.5 Å². The van der Waals surface area contributed by atoms with Crippen molar-refractivity contribution in [3.8, 4) is 0 Å². The van der Waals surface area contributed by atoms with Crippen molar-refractivity contribution in [2.45, 2.75) is 25.8 Å². The summed E-state index contributed by atoms with van der Waals surface area (Å²) in [5, 5.41) is 3.86. The maximum atomic E-state index is 14.3. The van der Waals surface area contributed by atoms with E-state index in [4.69, 9.17) is 16.3 Å². The maximum Gasteiger partial charge on any atom is 0.148 e. The lowest BCUT2D eigenvalue weighted by Crippen LogP contribution is -2.38. The third-order valence-electron chi connectivity index (χ3n) is 3.85. The quantitative estimate of drug-likeness (QED) is 0.858. The van der Waals surface area contributed by atoms with Gasteiger partial charge in [0.25, 0.3) is 0 Å². The Labute approximate surface area is 117 Å². The second-order valence-corrected chi connectivity index (χ2v) is 5.63. The molecule has 1 atom stereocenters. The number of rotatable bonds is 1. The summed E-state index contributed by atoms with van der Waals surface area (Å²) in [4.78, 5) is 2.08. The summed E-state index contributed by atoms with van der Waals surface area (Å²) in [6.07, 6.45) is 1.87. The molecule has 2 aliphatic rings. The van der Waals surface area contributed by atoms with E-state index in [1.54, 1.807) is 0 Å². The second-order valence-electron chi connectivity index (χ2n) is 5.23. The van der Waals surface area contributed by atoms with Gasteiger partial charge < -0.3 is 15.0 Å². The number of anilines is 2. The molecular weight excluding hydrogens is 267 g/mol. The molecule has 1 unspecified atom stereocenters. The summed E-state index contributed by atoms with van der Waals surface area (Å²) < 4.78 is 19.7. The molecule has 104 valence electrons. The highest BCUT2D eigenvalue weighted by atomic mass is 35.5. The molecule has 1 saturated heterocycles. The molecule has 0 radical (unpaired) electrons. The van der Waals surface area contributed by atoms with Gasteiger partial charge in [-0.2, -0.15) is 0 Å². The molecule has 1 fully saturated rings. The average Bonchev–Trinajstić information content (AvgIpc) is 2.41. The first-order valence-corrected chi connectivity index (χ1v) is 7.14. The fraction of sp³-hybridized carbons (Fsp3) is 0.571. The number of halogens is 2. The molecule has 5 heteroatoms. The van der Waals surface area contributed by atoms with Crippen molar-refractivity contribution in [2.24, 2.45) is 0 Å². The Morgan fingerprint density at radius 2 is 2.16 bits per heavy atom. The molecule has 2 heterocycles. The zero-order valence-corrected chi connectivity index (χ0v) is 11.8. The van der Waals surface area contributed by atoms with Gasteiger partial charge in [-0.25, -0.2) is 4.39 Å². The Morgan fingerprint density at radius 1 is 1.42 bits per heavy atom. The van der Waals surface area contributed by atoms with Crippen molar-refractivity contribution in [2.75, 3.05) is 36.5 Å². The normalized spacial score (nSPS) is 22.9. The van der Waals surface area contributed by atoms with E-state index in [0.29, 0.717) is 30.0 Å². The number of benzene rings is 1. The standard InChI is InChI=1S/C14H18ClFN2O/c1-9-2-3-10-13(17-9)11(15)8-12(16)14(10)18-4-6-19-7-5-18/h8-9,17H,2-7H2,1H3. The van der Waals surface area contributed by atoms with Crippen molar-refractivity contribution < 1.29 is 9.13 Å². The molecule has 0 aliphatic carbocycles. The Hall–Kier alpha value is -1.00. The molecule has 0 spiro atoms. The highest BCUT2D eigenvalue weighted by Gasteiger charge is 2.26. The number of nitrogens with zero attached hydrogens (tertiary/aromatic N) is 1. The van der Waals surface area contributed by atoms with Gasteiger partial charge in [-0.3, -0.25) is 0 Å². The van der Waals surface area contributed by atoms with E-state index in [2.05, 4.69) is 17.1 Å². The zero-order chi connectivity index (χ0) is 13.4. The summed E-state index contributed by atoms with van der Waals surface area (Å²) in [5.74, 6) is -0.220. The zero-order valence-electron chi connectivity index (χ0n) is 11.0. The third kappa shape index (κ3) is 2.39. The number of hydrogen-bond donors (Lipinski definition) is 1. The van der Waals surface area contributed by atoms with Gasteiger partial charge in [0.1, 0.15) is 5.82 Å². The van der Waals surface area contributed by atoms with Gasteiger partial charge in [-0.1, -0.05) is 11.6 Å². The Bertz CT molecular complexity index is 489. The van der Waals surface area contributed by atoms with Crippen molar-refractivity contribution in [3.63, 3.8) is 0 Å². The first kappa shape index (κ1) is 13.0. The van der Waals surface area contributed by atoms with E-state index in [1.165, 1.54) is 6.07 Å². The molecule has 0 aromatic heterocycles. The smallest absolute Gasteiger partial charge is 0.148 e. The first-order chi connectivity index (χ1) is 9.16. The molecule has 0 amide bonds. The summed E-state index contributed by atoms with van der Waals surface area (Å²) in [5.41, 5.74) is 2.63. The highest BCUT2D eigenvalue weighted by Crippen LogP contribution is 2.40. The Balaban J connectivity index is 2.05. The third-order valence-corrected chi connectivity index (χ3v) is 4.15. The van der Waals surface area contributed by atoms with Gasteiger partial charge in [0.2, 0.25) is 0 Å². The molecule has 3 nitrogen and oxygen atoms in total. The van der Waals surface area contributed by atoms with Gasteiger partial charge in [0, 0.05) is 24.7 Å². The fourth-order valence-electron chi connectivity index (χ4n) is 2.87. The minimum Gasteiger partial charge on any atom is -0.381 e. The van der Waals surface area contributed by atoms with Gasteiger partial charge in [0.15, 0.2) is 0 Å². The van der Waals surface area contributed by atoms with Gasteiger partial charge in [-0.05, 0) is 25.8 Å². The summed E-state index contributed by atoms with van der Waals surface area (Å²) in [6.45, 7) is 4.90. The molecule has 0 bridgehead atoms. The van der Waals surface area contributed by atoms with Crippen LogP contribution in [0.3, 0.4) is 0 Å². The van der Waals surface area contributed by atoms with E-state index in [-0.39, 0.29) is 5.82 Å². The lowest BCUT2D eigenvalue weighted by molar-refractivity contribution is 0.122. The van der Waals surface area contributed by atoms with Crippen LogP contribution in [0.25, 0.3) is 0 Å². The Kier molecular flexibility index (Phi) is 3.54. The second kappa shape index (κ2) is 5.17. The lowest BCUT2D eigenvalue weighted by Gasteiger charge is -2.34. The van der Waals surface area contributed by atoms with Gasteiger partial charge in [0.05, 0.1) is 29.6 Å². The monoisotopic (exact) mass is 284 g/mol. The fourth-order valence-corrected chi connectivity index (χ4v) is 3.13. The predicted molar refractivity (Wildman–Crippen MR) is 75.8 cm³/mol. The maximum absolute atomic E-state index is 14.3. The van der Waals surface area contributed by atoms with Crippen LogP contribution in [-0.4, -0.2) is 32.3 Å². The van der Waals surface area contributed by atoms with Gasteiger partial charge >= 0.3 is 0 Å². The predicted octanol–water partition coefficient (Wildman–Crippen LogP) is 3.06. The molecule has 1 aromatic carbocycles. The van der Waals surface area contributed by atoms with Crippen LogP contribution in [0.2, 0.25) is 5.02 Å². The molecule has 1 N–H and O–H groups in total. The number of fused-ring (bicyclic) bond motifs is 1. The molecular formula is C14H18ClFN2O. The van der Waals surface area contributed by atoms with Crippen LogP contribution < -0.4 is 10.2 Å². The van der Waals surface area contributed by atoms with Crippen LogP contribution in [-0.2, 0) is 11.2 Å². The number of hydrogen-bond acceptors (Lipinski definition) is 3. The van der Waals surface area contributed by atoms with E-state index >= 15 is 0 Å². The van der Waals surface area contributed by atoms with E-state index in [0.717, 1.165) is 37.2 Å². The average molecular weight is 285 g/mol. The molecule has 3 rings (SSSR count). The van der Waals surface area contributed by atoms with Crippen molar-refractivity contribution >= 4 is 23.0 Å². The van der Waals surface area contributed by atoms with Crippen molar-refractivity contribution in [1.29, 1.82) is 0 Å². The van der Waals surface area contributed by atoms with E-state index in [9.17, 15) is 4.39 Å². The minimum atomic E-state index is -0.220. The molecule has 1 aromatic rings.